The third-order valence-electron chi connectivity index (χ3n) is 4.66. The van der Waals surface area contributed by atoms with Gasteiger partial charge in [0.05, 0.1) is 0 Å². The summed E-state index contributed by atoms with van der Waals surface area (Å²) in [6.45, 7) is 2.23. The van der Waals surface area contributed by atoms with E-state index in [1.165, 1.54) is 62.6 Å². The first-order chi connectivity index (χ1) is 13.4. The number of rotatable bonds is 12. The minimum absolute atomic E-state index is 0. The fourth-order valence-corrected chi connectivity index (χ4v) is 3.72. The largest absolute Gasteiger partial charge is 1.00 e. The van der Waals surface area contributed by atoms with E-state index in [9.17, 15) is 18.1 Å². The SMILES string of the molecule is CCCCCCCCCCc1ccc(Oc2ccc([O-])cc2S(=O)(=O)O)cc1.[Na+]. The van der Waals surface area contributed by atoms with E-state index in [0.29, 0.717) is 5.75 Å². The fraction of sp³-hybridized carbons (Fsp3) is 0.455. The average molecular weight is 429 g/mol. The molecule has 0 atom stereocenters. The Morgan fingerprint density at radius 1 is 0.897 bits per heavy atom. The Morgan fingerprint density at radius 2 is 1.48 bits per heavy atom. The van der Waals surface area contributed by atoms with Crippen molar-refractivity contribution in [2.75, 3.05) is 0 Å². The third kappa shape index (κ3) is 9.53. The first kappa shape index (κ1) is 26.0. The van der Waals surface area contributed by atoms with Crippen molar-refractivity contribution in [2.24, 2.45) is 0 Å². The van der Waals surface area contributed by atoms with Gasteiger partial charge in [-0.1, -0.05) is 70.1 Å². The molecule has 0 amide bonds. The van der Waals surface area contributed by atoms with Gasteiger partial charge < -0.3 is 9.84 Å². The molecular formula is C22H29NaO5S. The molecule has 0 fully saturated rings. The zero-order valence-electron chi connectivity index (χ0n) is 17.4. The first-order valence-corrected chi connectivity index (χ1v) is 11.4. The van der Waals surface area contributed by atoms with Crippen LogP contribution >= 0.6 is 0 Å². The minimum atomic E-state index is -4.53. The Morgan fingerprint density at radius 3 is 2.07 bits per heavy atom. The molecule has 0 aliphatic heterocycles. The Kier molecular flexibility index (Phi) is 11.9. The minimum Gasteiger partial charge on any atom is -0.872 e. The Labute approximate surface area is 196 Å². The van der Waals surface area contributed by atoms with Crippen LogP contribution < -0.4 is 39.4 Å². The molecule has 0 radical (unpaired) electrons. The van der Waals surface area contributed by atoms with Gasteiger partial charge in [-0.3, -0.25) is 4.55 Å². The molecule has 0 saturated carbocycles. The number of aryl methyl sites for hydroxylation is 1. The van der Waals surface area contributed by atoms with Crippen molar-refractivity contribution in [3.8, 4) is 17.2 Å². The average Bonchev–Trinajstić information content (AvgIpc) is 2.66. The second-order valence-electron chi connectivity index (χ2n) is 7.05. The van der Waals surface area contributed by atoms with Gasteiger partial charge in [0, 0.05) is 0 Å². The summed E-state index contributed by atoms with van der Waals surface area (Å²) >= 11 is 0. The van der Waals surface area contributed by atoms with E-state index in [2.05, 4.69) is 6.92 Å². The Bertz CT molecular complexity index is 835. The Hall–Kier alpha value is -1.05. The van der Waals surface area contributed by atoms with Gasteiger partial charge in [0.15, 0.2) is 0 Å². The molecule has 0 unspecified atom stereocenters. The van der Waals surface area contributed by atoms with E-state index in [4.69, 9.17) is 4.74 Å². The van der Waals surface area contributed by atoms with Crippen LogP contribution in [-0.4, -0.2) is 13.0 Å². The molecule has 2 aromatic carbocycles. The molecular weight excluding hydrogens is 399 g/mol. The molecule has 7 heteroatoms. The van der Waals surface area contributed by atoms with E-state index < -0.39 is 20.8 Å². The van der Waals surface area contributed by atoms with E-state index in [0.717, 1.165) is 18.9 Å². The molecule has 2 aromatic rings. The van der Waals surface area contributed by atoms with Gasteiger partial charge in [-0.05, 0) is 42.7 Å². The first-order valence-electron chi connectivity index (χ1n) is 9.95. The molecule has 2 rings (SSSR count). The van der Waals surface area contributed by atoms with Crippen LogP contribution in [0.25, 0.3) is 0 Å². The number of benzene rings is 2. The number of unbranched alkanes of at least 4 members (excludes halogenated alkanes) is 7. The van der Waals surface area contributed by atoms with Crippen LogP contribution in [0.4, 0.5) is 0 Å². The molecule has 0 aliphatic carbocycles. The van der Waals surface area contributed by atoms with Crippen molar-refractivity contribution in [1.82, 2.24) is 0 Å². The maximum atomic E-state index is 11.4. The van der Waals surface area contributed by atoms with Gasteiger partial charge in [0.2, 0.25) is 0 Å². The van der Waals surface area contributed by atoms with Crippen molar-refractivity contribution >= 4 is 10.1 Å². The molecule has 0 heterocycles. The zero-order chi connectivity index (χ0) is 20.4. The second kappa shape index (κ2) is 13.3. The molecule has 0 aliphatic rings. The normalized spacial score (nSPS) is 11.1. The Balaban J connectivity index is 0.00000420. The van der Waals surface area contributed by atoms with Crippen molar-refractivity contribution in [3.05, 3.63) is 48.0 Å². The smallest absolute Gasteiger partial charge is 0.872 e. The van der Waals surface area contributed by atoms with Gasteiger partial charge >= 0.3 is 29.6 Å². The van der Waals surface area contributed by atoms with Crippen LogP contribution in [0.15, 0.2) is 47.4 Å². The van der Waals surface area contributed by atoms with Crippen LogP contribution in [0.5, 0.6) is 17.2 Å². The summed E-state index contributed by atoms with van der Waals surface area (Å²) in [6, 6.07) is 10.7. The summed E-state index contributed by atoms with van der Waals surface area (Å²) in [5.74, 6) is -0.137. The third-order valence-corrected chi connectivity index (χ3v) is 5.54. The quantitative estimate of drug-likeness (QED) is 0.319. The molecule has 0 bridgehead atoms. The van der Waals surface area contributed by atoms with E-state index in [1.54, 1.807) is 12.1 Å². The summed E-state index contributed by atoms with van der Waals surface area (Å²) < 4.78 is 37.7. The van der Waals surface area contributed by atoms with Crippen LogP contribution in [0.3, 0.4) is 0 Å². The van der Waals surface area contributed by atoms with E-state index in [1.807, 2.05) is 12.1 Å². The number of ether oxygens (including phenoxy) is 1. The van der Waals surface area contributed by atoms with Gasteiger partial charge in [-0.2, -0.15) is 8.42 Å². The van der Waals surface area contributed by atoms with Crippen molar-refractivity contribution < 1.29 is 52.4 Å². The second-order valence-corrected chi connectivity index (χ2v) is 8.44. The van der Waals surface area contributed by atoms with Crippen LogP contribution in [0.2, 0.25) is 0 Å². The molecule has 5 nitrogen and oxygen atoms in total. The fourth-order valence-electron chi connectivity index (χ4n) is 3.09. The van der Waals surface area contributed by atoms with Gasteiger partial charge in [0.1, 0.15) is 16.4 Å². The van der Waals surface area contributed by atoms with Gasteiger partial charge in [-0.15, -0.1) is 5.75 Å². The summed E-state index contributed by atoms with van der Waals surface area (Å²) in [5.41, 5.74) is 1.20. The van der Waals surface area contributed by atoms with Crippen LogP contribution in [-0.2, 0) is 16.5 Å². The molecule has 0 aromatic heterocycles. The molecule has 154 valence electrons. The maximum absolute atomic E-state index is 11.4. The van der Waals surface area contributed by atoms with Crippen LogP contribution in [0, 0.1) is 0 Å². The molecule has 29 heavy (non-hydrogen) atoms. The van der Waals surface area contributed by atoms with E-state index >= 15 is 0 Å². The standard InChI is InChI=1S/C22H30O5S.Na/c1-2-3-4-5-6-7-8-9-10-18-11-14-20(15-12-18)27-21-16-13-19(23)17-22(21)28(24,25)26;/h11-17,23H,2-10H2,1H3,(H,24,25,26);/q;+1/p-1. The predicted octanol–water partition coefficient (Wildman–Crippen LogP) is 2.49. The zero-order valence-corrected chi connectivity index (χ0v) is 20.2. The summed E-state index contributed by atoms with van der Waals surface area (Å²) in [5, 5.41) is 11.4. The predicted molar refractivity (Wildman–Crippen MR) is 109 cm³/mol. The number of hydrogen-bond donors (Lipinski definition) is 1. The monoisotopic (exact) mass is 428 g/mol. The summed E-state index contributed by atoms with van der Waals surface area (Å²) in [7, 11) is -4.53. The van der Waals surface area contributed by atoms with Crippen molar-refractivity contribution in [1.29, 1.82) is 0 Å². The summed E-state index contributed by atoms with van der Waals surface area (Å²) in [6.07, 6.45) is 11.2. The van der Waals surface area contributed by atoms with Crippen LogP contribution in [0.1, 0.15) is 63.9 Å². The van der Waals surface area contributed by atoms with E-state index in [-0.39, 0.29) is 35.3 Å². The van der Waals surface area contributed by atoms with Gasteiger partial charge in [-0.25, -0.2) is 0 Å². The molecule has 0 spiro atoms. The van der Waals surface area contributed by atoms with Gasteiger partial charge in [0.25, 0.3) is 10.1 Å². The maximum Gasteiger partial charge on any atom is 1.00 e. The van der Waals surface area contributed by atoms with Crippen molar-refractivity contribution in [3.63, 3.8) is 0 Å². The number of hydrogen-bond acceptors (Lipinski definition) is 4. The molecule has 1 N–H and O–H groups in total. The molecule has 0 saturated heterocycles. The van der Waals surface area contributed by atoms with Crippen molar-refractivity contribution in [2.45, 2.75) is 69.6 Å². The topological polar surface area (TPSA) is 86.7 Å². The summed E-state index contributed by atoms with van der Waals surface area (Å²) in [4.78, 5) is -0.525.